The number of likely N-dealkylation sites (N-methyl/N-ethyl adjacent to an activating group) is 1. The van der Waals surface area contributed by atoms with Gasteiger partial charge in [-0.3, -0.25) is 33.8 Å². The molecule has 1 heterocycles. The van der Waals surface area contributed by atoms with Crippen LogP contribution in [0.1, 0.15) is 27.9 Å². The topological polar surface area (TPSA) is 168 Å². The molecule has 1 saturated heterocycles. The number of primary amides is 1. The molecule has 1 aliphatic heterocycles. The van der Waals surface area contributed by atoms with Crippen LogP contribution < -0.4 is 5.73 Å². The van der Waals surface area contributed by atoms with E-state index in [1.54, 1.807) is 20.2 Å². The van der Waals surface area contributed by atoms with Crippen LogP contribution >= 0.6 is 0 Å². The zero-order valence-electron chi connectivity index (χ0n) is 20.8. The molecule has 1 amide bonds. The molecule has 2 saturated carbocycles. The monoisotopic (exact) mass is 513 g/mol. The third-order valence-corrected chi connectivity index (χ3v) is 8.54. The number of carbonyl (C=O) groups excluding carboxylic acids is 5. The highest BCUT2D eigenvalue weighted by atomic mass is 16.5. The molecule has 3 fully saturated rings. The van der Waals surface area contributed by atoms with Crippen LogP contribution in [0.5, 0.6) is 5.75 Å². The lowest BCUT2D eigenvalue weighted by Crippen LogP contribution is -2.74. The van der Waals surface area contributed by atoms with Gasteiger partial charge < -0.3 is 20.7 Å². The van der Waals surface area contributed by atoms with Crippen molar-refractivity contribution in [1.82, 2.24) is 9.80 Å². The number of rotatable bonds is 4. The molecule has 0 radical (unpaired) electrons. The Morgan fingerprint density at radius 3 is 2.46 bits per heavy atom. The summed E-state index contributed by atoms with van der Waals surface area (Å²) in [6.45, 7) is 3.17. The number of phenolic OH excluding ortho intramolecular Hbond substituents is 1. The lowest BCUT2D eigenvalue weighted by molar-refractivity contribution is -0.181. The molecule has 0 aromatic heterocycles. The molecule has 4 aliphatic rings. The number of hydrogen-bond acceptors (Lipinski definition) is 10. The van der Waals surface area contributed by atoms with Crippen molar-refractivity contribution in [2.24, 2.45) is 29.4 Å². The Hall–Kier alpha value is -2.99. The number of nitrogens with zero attached hydrogens (tertiary/aromatic N) is 2. The van der Waals surface area contributed by atoms with Crippen LogP contribution in [0.3, 0.4) is 0 Å². The number of amides is 1. The minimum absolute atomic E-state index is 0.0253. The van der Waals surface area contributed by atoms with Crippen LogP contribution in [-0.2, 0) is 36.9 Å². The maximum atomic E-state index is 13.8. The first-order valence-electron chi connectivity index (χ1n) is 12.5. The number of Topliss-reactive ketones (excluding diaryl/α,β-unsaturated/α-hetero) is 4. The van der Waals surface area contributed by atoms with Crippen molar-refractivity contribution in [1.29, 1.82) is 0 Å². The first kappa shape index (κ1) is 25.7. The number of phenols is 1. The average Bonchev–Trinajstić information content (AvgIpc) is 2.83. The average molecular weight is 514 g/mol. The number of aromatic hydroxyl groups is 1. The minimum atomic E-state index is -2.71. The fourth-order valence-corrected chi connectivity index (χ4v) is 6.82. The summed E-state index contributed by atoms with van der Waals surface area (Å²) in [6, 6.07) is 2.08. The third kappa shape index (κ3) is 3.75. The van der Waals surface area contributed by atoms with Gasteiger partial charge in [-0.15, -0.1) is 0 Å². The third-order valence-electron chi connectivity index (χ3n) is 8.54. The SMILES string of the molecule is CN(C)[C@@H]1C(=O)C(C(N)=O)C(=O)[C@@]2(O)C(=O)C3C(=O)c4c(O)ccc(CN5CCOCC5)c4C[C@H]3C[C@@H]12. The first-order chi connectivity index (χ1) is 17.5. The number of benzene rings is 1. The molecule has 1 aromatic carbocycles. The van der Waals surface area contributed by atoms with E-state index >= 15 is 0 Å². The van der Waals surface area contributed by atoms with E-state index in [0.29, 0.717) is 25.3 Å². The van der Waals surface area contributed by atoms with Crippen molar-refractivity contribution in [2.45, 2.75) is 31.0 Å². The Morgan fingerprint density at radius 2 is 1.84 bits per heavy atom. The number of morpholine rings is 1. The summed E-state index contributed by atoms with van der Waals surface area (Å²) in [5.41, 5.74) is 4.14. The van der Waals surface area contributed by atoms with Crippen LogP contribution in [0.25, 0.3) is 0 Å². The Morgan fingerprint density at radius 1 is 1.16 bits per heavy atom. The van der Waals surface area contributed by atoms with E-state index in [2.05, 4.69) is 4.90 Å². The fraction of sp³-hybridized carbons (Fsp3) is 0.577. The van der Waals surface area contributed by atoms with E-state index in [0.717, 1.165) is 18.7 Å². The highest BCUT2D eigenvalue weighted by Gasteiger charge is 2.69. The van der Waals surface area contributed by atoms with E-state index < -0.39 is 64.4 Å². The van der Waals surface area contributed by atoms with Crippen molar-refractivity contribution < 1.29 is 38.9 Å². The van der Waals surface area contributed by atoms with E-state index in [4.69, 9.17) is 10.5 Å². The van der Waals surface area contributed by atoms with Gasteiger partial charge in [0, 0.05) is 25.6 Å². The predicted octanol–water partition coefficient (Wildman–Crippen LogP) is -1.30. The van der Waals surface area contributed by atoms with Crippen molar-refractivity contribution in [3.8, 4) is 5.75 Å². The highest BCUT2D eigenvalue weighted by Crippen LogP contribution is 2.51. The van der Waals surface area contributed by atoms with Gasteiger partial charge >= 0.3 is 0 Å². The van der Waals surface area contributed by atoms with Crippen LogP contribution in [0.2, 0.25) is 0 Å². The second kappa shape index (κ2) is 9.09. The summed E-state index contributed by atoms with van der Waals surface area (Å²) in [6.07, 6.45) is 0.302. The molecule has 6 atom stereocenters. The van der Waals surface area contributed by atoms with E-state index in [1.165, 1.54) is 11.0 Å². The summed E-state index contributed by atoms with van der Waals surface area (Å²) in [4.78, 5) is 69.7. The second-order valence-corrected chi connectivity index (χ2v) is 10.8. The molecule has 11 nitrogen and oxygen atoms in total. The molecule has 0 spiro atoms. The summed E-state index contributed by atoms with van der Waals surface area (Å²) < 4.78 is 5.41. The van der Waals surface area contributed by atoms with Crippen molar-refractivity contribution in [3.05, 3.63) is 28.8 Å². The van der Waals surface area contributed by atoms with Gasteiger partial charge in [0.2, 0.25) is 5.91 Å². The molecule has 37 heavy (non-hydrogen) atoms. The molecular formula is C26H31N3O8. The van der Waals surface area contributed by atoms with Gasteiger partial charge in [0.25, 0.3) is 0 Å². The molecule has 1 aromatic rings. The van der Waals surface area contributed by atoms with Crippen LogP contribution in [0, 0.1) is 23.7 Å². The minimum Gasteiger partial charge on any atom is -0.507 e. The number of ether oxygens (including phenoxy) is 1. The predicted molar refractivity (Wildman–Crippen MR) is 127 cm³/mol. The highest BCUT2D eigenvalue weighted by molar-refractivity contribution is 6.32. The smallest absolute Gasteiger partial charge is 0.235 e. The maximum absolute atomic E-state index is 13.8. The lowest BCUT2D eigenvalue weighted by atomic mass is 9.52. The molecule has 198 valence electrons. The number of nitrogens with two attached hydrogens (primary N) is 1. The van der Waals surface area contributed by atoms with E-state index in [1.807, 2.05) is 0 Å². The Balaban J connectivity index is 1.58. The number of hydrogen-bond donors (Lipinski definition) is 3. The van der Waals surface area contributed by atoms with Crippen molar-refractivity contribution in [2.75, 3.05) is 40.4 Å². The maximum Gasteiger partial charge on any atom is 0.235 e. The van der Waals surface area contributed by atoms with E-state index in [-0.39, 0.29) is 24.2 Å². The van der Waals surface area contributed by atoms with E-state index in [9.17, 15) is 34.2 Å². The standard InChI is InChI=1S/C26H31N3O8/c1-28(2)20-15-10-13-9-14-12(11-29-5-7-37-8-6-29)3-4-16(30)18(14)21(31)17(13)23(33)26(15,36)24(34)19(22(20)32)25(27)35/h3-4,13,15,17,19-20,30,36H,5-11H2,1-2H3,(H2,27,35)/t13-,15-,17?,19?,20-,26-/m0/s1. The van der Waals surface area contributed by atoms with Gasteiger partial charge in [-0.25, -0.2) is 0 Å². The van der Waals surface area contributed by atoms with Gasteiger partial charge in [0.1, 0.15) is 5.75 Å². The number of fused-ring (bicyclic) bond motifs is 3. The number of ketones is 4. The van der Waals surface area contributed by atoms with Gasteiger partial charge in [-0.05, 0) is 50.0 Å². The van der Waals surface area contributed by atoms with Crippen LogP contribution in [0.15, 0.2) is 12.1 Å². The number of aliphatic hydroxyl groups is 1. The molecule has 3 aliphatic carbocycles. The molecule has 11 heteroatoms. The lowest BCUT2D eigenvalue weighted by Gasteiger charge is -2.52. The van der Waals surface area contributed by atoms with Crippen LogP contribution in [-0.4, -0.2) is 101 Å². The normalized spacial score (nSPS) is 34.2. The Bertz CT molecular complexity index is 1210. The van der Waals surface area contributed by atoms with Crippen molar-refractivity contribution >= 4 is 29.0 Å². The number of carbonyl (C=O) groups is 5. The zero-order valence-corrected chi connectivity index (χ0v) is 20.8. The summed E-state index contributed by atoms with van der Waals surface area (Å²) in [5, 5.41) is 22.2. The summed E-state index contributed by atoms with van der Waals surface area (Å²) >= 11 is 0. The Kier molecular flexibility index (Phi) is 6.30. The summed E-state index contributed by atoms with van der Waals surface area (Å²) in [7, 11) is 3.13. The quantitative estimate of drug-likeness (QED) is 0.412. The first-order valence-corrected chi connectivity index (χ1v) is 12.5. The molecule has 4 N–H and O–H groups in total. The molecule has 2 unspecified atom stereocenters. The zero-order chi connectivity index (χ0) is 26.8. The fourth-order valence-electron chi connectivity index (χ4n) is 6.82. The van der Waals surface area contributed by atoms with Crippen molar-refractivity contribution in [3.63, 3.8) is 0 Å². The summed E-state index contributed by atoms with van der Waals surface area (Å²) in [5.74, 6) is -10.3. The van der Waals surface area contributed by atoms with Gasteiger partial charge in [0.05, 0.1) is 30.7 Å². The van der Waals surface area contributed by atoms with Gasteiger partial charge in [-0.1, -0.05) is 6.07 Å². The Labute approximate surface area is 213 Å². The molecular weight excluding hydrogens is 482 g/mol. The molecule has 0 bridgehead atoms. The van der Waals surface area contributed by atoms with Gasteiger partial charge in [-0.2, -0.15) is 0 Å². The van der Waals surface area contributed by atoms with Gasteiger partial charge in [0.15, 0.2) is 34.7 Å². The van der Waals surface area contributed by atoms with Crippen LogP contribution in [0.4, 0.5) is 0 Å². The molecule has 5 rings (SSSR count). The largest absolute Gasteiger partial charge is 0.507 e. The second-order valence-electron chi connectivity index (χ2n) is 10.8.